The zero-order valence-corrected chi connectivity index (χ0v) is 17.3. The molecule has 1 aromatic rings. The Bertz CT molecular complexity index is 807. The van der Waals surface area contributed by atoms with Gasteiger partial charge in [-0.2, -0.15) is 5.10 Å². The summed E-state index contributed by atoms with van der Waals surface area (Å²) in [6, 6.07) is 0.553. The molecule has 7 heteroatoms. The molecular weight excluding hydrogens is 358 g/mol. The molecular formula is C20H29N5OS. The lowest BCUT2D eigenvalue weighted by Gasteiger charge is -2.34. The Labute approximate surface area is 165 Å². The minimum absolute atomic E-state index is 0.0463. The van der Waals surface area contributed by atoms with Gasteiger partial charge < -0.3 is 4.57 Å². The van der Waals surface area contributed by atoms with Crippen LogP contribution in [-0.2, 0) is 4.79 Å². The number of fused-ring (bicyclic) bond motifs is 2. The molecule has 0 spiro atoms. The van der Waals surface area contributed by atoms with E-state index in [9.17, 15) is 4.79 Å². The van der Waals surface area contributed by atoms with Crippen molar-refractivity contribution in [3.63, 3.8) is 0 Å². The Balaban J connectivity index is 1.22. The molecule has 2 bridgehead atoms. The lowest BCUT2D eigenvalue weighted by atomic mass is 9.70. The van der Waals surface area contributed by atoms with E-state index in [1.165, 1.54) is 56.0 Å². The molecule has 1 amide bonds. The topological polar surface area (TPSA) is 72.2 Å². The smallest absolute Gasteiger partial charge is 0.250 e. The van der Waals surface area contributed by atoms with Gasteiger partial charge in [-0.25, -0.2) is 5.43 Å². The molecule has 146 valence electrons. The van der Waals surface area contributed by atoms with E-state index in [1.807, 2.05) is 0 Å². The van der Waals surface area contributed by atoms with Crippen LogP contribution in [0.15, 0.2) is 10.3 Å². The average molecular weight is 388 g/mol. The van der Waals surface area contributed by atoms with E-state index in [-0.39, 0.29) is 16.7 Å². The van der Waals surface area contributed by atoms with Crippen LogP contribution in [0.1, 0.15) is 83.5 Å². The summed E-state index contributed by atoms with van der Waals surface area (Å²) in [6.45, 7) is 7.03. The first-order valence-electron chi connectivity index (χ1n) is 10.3. The van der Waals surface area contributed by atoms with Crippen LogP contribution in [0.3, 0.4) is 0 Å². The number of thioether (sulfide) groups is 1. The van der Waals surface area contributed by atoms with Crippen LogP contribution >= 0.6 is 11.8 Å². The number of rotatable bonds is 6. The number of hydrogen-bond acceptors (Lipinski definition) is 5. The standard InChI is InChI=1S/C20H29N5OS/c1-19(2)13-8-9-20(19,3)15(10-13)21-22-16(26)11-27-18-24-23-17(12-4-5-12)25(18)14-6-7-14/h12-14H,4-11H2,1-3H3,(H,22,26)/b21-15-. The van der Waals surface area contributed by atoms with Gasteiger partial charge in [-0.15, -0.1) is 10.2 Å². The number of carbonyl (C=O) groups is 1. The summed E-state index contributed by atoms with van der Waals surface area (Å²) >= 11 is 1.49. The maximum Gasteiger partial charge on any atom is 0.250 e. The van der Waals surface area contributed by atoms with E-state index in [0.29, 0.717) is 23.6 Å². The van der Waals surface area contributed by atoms with Crippen molar-refractivity contribution in [1.29, 1.82) is 0 Å². The number of aromatic nitrogens is 3. The molecule has 1 N–H and O–H groups in total. The number of nitrogens with one attached hydrogen (secondary N) is 1. The van der Waals surface area contributed by atoms with Crippen LogP contribution in [0.5, 0.6) is 0 Å². The van der Waals surface area contributed by atoms with Gasteiger partial charge in [-0.3, -0.25) is 4.79 Å². The molecule has 4 aliphatic carbocycles. The van der Waals surface area contributed by atoms with E-state index < -0.39 is 0 Å². The van der Waals surface area contributed by atoms with Gasteiger partial charge in [0.25, 0.3) is 5.91 Å². The molecule has 4 saturated carbocycles. The summed E-state index contributed by atoms with van der Waals surface area (Å²) < 4.78 is 2.29. The predicted octanol–water partition coefficient (Wildman–Crippen LogP) is 3.90. The molecule has 0 radical (unpaired) electrons. The normalized spacial score (nSPS) is 33.0. The minimum atomic E-state index is -0.0463. The Kier molecular flexibility index (Phi) is 3.98. The molecule has 27 heavy (non-hydrogen) atoms. The highest BCUT2D eigenvalue weighted by Crippen LogP contribution is 2.63. The second-order valence-corrected chi connectivity index (χ2v) is 10.5. The van der Waals surface area contributed by atoms with Crippen molar-refractivity contribution >= 4 is 23.4 Å². The van der Waals surface area contributed by atoms with Crippen LogP contribution in [0.25, 0.3) is 0 Å². The van der Waals surface area contributed by atoms with Crippen LogP contribution in [-0.4, -0.2) is 32.1 Å². The van der Waals surface area contributed by atoms with Gasteiger partial charge in [0.15, 0.2) is 5.16 Å². The van der Waals surface area contributed by atoms with Gasteiger partial charge in [0.05, 0.1) is 5.75 Å². The number of hydrogen-bond donors (Lipinski definition) is 1. The molecule has 0 aromatic carbocycles. The van der Waals surface area contributed by atoms with Crippen molar-refractivity contribution in [2.75, 3.05) is 5.75 Å². The lowest BCUT2D eigenvalue weighted by molar-refractivity contribution is -0.118. The van der Waals surface area contributed by atoms with Gasteiger partial charge in [-0.1, -0.05) is 32.5 Å². The third-order valence-corrected chi connectivity index (χ3v) is 8.65. The molecule has 0 aliphatic heterocycles. The Hall–Kier alpha value is -1.37. The van der Waals surface area contributed by atoms with E-state index >= 15 is 0 Å². The summed E-state index contributed by atoms with van der Waals surface area (Å²) in [5.41, 5.74) is 4.41. The fraction of sp³-hybridized carbons (Fsp3) is 0.800. The molecule has 4 fully saturated rings. The van der Waals surface area contributed by atoms with E-state index in [2.05, 4.69) is 46.1 Å². The van der Waals surface area contributed by atoms with Crippen molar-refractivity contribution in [1.82, 2.24) is 20.2 Å². The zero-order chi connectivity index (χ0) is 18.8. The van der Waals surface area contributed by atoms with Crippen molar-refractivity contribution in [3.8, 4) is 0 Å². The van der Waals surface area contributed by atoms with Crippen molar-refractivity contribution in [3.05, 3.63) is 5.82 Å². The van der Waals surface area contributed by atoms with Crippen LogP contribution in [0, 0.1) is 16.7 Å². The number of hydrazone groups is 1. The summed E-state index contributed by atoms with van der Waals surface area (Å²) in [5, 5.41) is 14.2. The predicted molar refractivity (Wildman–Crippen MR) is 106 cm³/mol. The Morgan fingerprint density at radius 3 is 2.59 bits per heavy atom. The van der Waals surface area contributed by atoms with Gasteiger partial charge in [0.2, 0.25) is 0 Å². The quantitative estimate of drug-likeness (QED) is 0.593. The third-order valence-electron chi connectivity index (χ3n) is 7.71. The summed E-state index contributed by atoms with van der Waals surface area (Å²) in [5.74, 6) is 2.73. The molecule has 6 nitrogen and oxygen atoms in total. The highest BCUT2D eigenvalue weighted by atomic mass is 32.2. The first-order chi connectivity index (χ1) is 12.9. The lowest BCUT2D eigenvalue weighted by Crippen LogP contribution is -2.34. The highest BCUT2D eigenvalue weighted by molar-refractivity contribution is 7.99. The van der Waals surface area contributed by atoms with E-state index in [4.69, 9.17) is 0 Å². The molecule has 1 aromatic heterocycles. The number of nitrogens with zero attached hydrogens (tertiary/aromatic N) is 4. The minimum Gasteiger partial charge on any atom is -0.303 e. The van der Waals surface area contributed by atoms with Crippen molar-refractivity contribution in [2.45, 2.75) is 82.8 Å². The fourth-order valence-electron chi connectivity index (χ4n) is 5.07. The van der Waals surface area contributed by atoms with Crippen LogP contribution < -0.4 is 5.43 Å². The van der Waals surface area contributed by atoms with Crippen molar-refractivity contribution in [2.24, 2.45) is 21.8 Å². The summed E-state index contributed by atoms with van der Waals surface area (Å²) in [4.78, 5) is 12.4. The fourth-order valence-corrected chi connectivity index (χ4v) is 5.88. The first kappa shape index (κ1) is 17.7. The highest BCUT2D eigenvalue weighted by Gasteiger charge is 2.60. The number of amides is 1. The molecule has 4 aliphatic rings. The zero-order valence-electron chi connectivity index (χ0n) is 16.5. The Morgan fingerprint density at radius 2 is 2.00 bits per heavy atom. The molecule has 2 atom stereocenters. The van der Waals surface area contributed by atoms with Crippen LogP contribution in [0.2, 0.25) is 0 Å². The van der Waals surface area contributed by atoms with E-state index in [0.717, 1.165) is 17.4 Å². The monoisotopic (exact) mass is 387 g/mol. The second-order valence-electron chi connectivity index (χ2n) is 9.59. The maximum absolute atomic E-state index is 12.4. The van der Waals surface area contributed by atoms with Gasteiger partial charge in [0.1, 0.15) is 5.82 Å². The third kappa shape index (κ3) is 2.84. The van der Waals surface area contributed by atoms with Gasteiger partial charge >= 0.3 is 0 Å². The molecule has 5 rings (SSSR count). The van der Waals surface area contributed by atoms with E-state index in [1.54, 1.807) is 0 Å². The SMILES string of the molecule is CC12CCC(C/C1=N/NC(=O)CSc1nnc(C3CC3)n1C1CC1)C2(C)C. The average Bonchev–Trinajstić information content (AvgIpc) is 3.56. The number of carbonyl (C=O) groups excluding carboxylic acids is 1. The maximum atomic E-state index is 12.4. The van der Waals surface area contributed by atoms with Gasteiger partial charge in [0, 0.05) is 23.1 Å². The summed E-state index contributed by atoms with van der Waals surface area (Å²) in [7, 11) is 0. The van der Waals surface area contributed by atoms with Crippen LogP contribution in [0.4, 0.5) is 0 Å². The molecule has 0 saturated heterocycles. The first-order valence-corrected chi connectivity index (χ1v) is 11.3. The molecule has 1 heterocycles. The second kappa shape index (κ2) is 6.06. The summed E-state index contributed by atoms with van der Waals surface area (Å²) in [6.07, 6.45) is 8.36. The van der Waals surface area contributed by atoms with Gasteiger partial charge in [-0.05, 0) is 56.3 Å². The molecule has 2 unspecified atom stereocenters. The Morgan fingerprint density at radius 1 is 1.22 bits per heavy atom. The van der Waals surface area contributed by atoms with Crippen molar-refractivity contribution < 1.29 is 4.79 Å². The largest absolute Gasteiger partial charge is 0.303 e.